The van der Waals surface area contributed by atoms with E-state index in [0.29, 0.717) is 18.1 Å². The van der Waals surface area contributed by atoms with Gasteiger partial charge in [0.05, 0.1) is 13.0 Å². The van der Waals surface area contributed by atoms with Crippen molar-refractivity contribution in [1.29, 1.82) is 0 Å². The second-order valence-electron chi connectivity index (χ2n) is 3.22. The first-order chi connectivity index (χ1) is 7.63. The summed E-state index contributed by atoms with van der Waals surface area (Å²) in [5.41, 5.74) is 0.344. The third-order valence-corrected chi connectivity index (χ3v) is 1.92. The van der Waals surface area contributed by atoms with Gasteiger partial charge in [-0.3, -0.25) is 9.59 Å². The summed E-state index contributed by atoms with van der Waals surface area (Å²) in [6, 6.07) is 1.54. The van der Waals surface area contributed by atoms with Crippen molar-refractivity contribution in [2.24, 2.45) is 0 Å². The van der Waals surface area contributed by atoms with E-state index in [0.717, 1.165) is 0 Å². The molecule has 0 saturated heterocycles. The van der Waals surface area contributed by atoms with Crippen LogP contribution >= 0.6 is 0 Å². The molecule has 0 spiro atoms. The van der Waals surface area contributed by atoms with Gasteiger partial charge >= 0.3 is 5.97 Å². The van der Waals surface area contributed by atoms with Crippen LogP contribution in [0.1, 0.15) is 36.1 Å². The Labute approximate surface area is 93.9 Å². The highest BCUT2D eigenvalue weighted by atomic mass is 16.5. The van der Waals surface area contributed by atoms with Crippen molar-refractivity contribution in [3.05, 3.63) is 23.8 Å². The zero-order valence-corrected chi connectivity index (χ0v) is 9.40. The lowest BCUT2D eigenvalue weighted by Gasteiger charge is -2.01. The predicted octanol–water partition coefficient (Wildman–Crippen LogP) is 1.31. The third-order valence-electron chi connectivity index (χ3n) is 1.92. The maximum Gasteiger partial charge on any atom is 0.306 e. The molecule has 1 rings (SSSR count). The van der Waals surface area contributed by atoms with E-state index in [1.54, 1.807) is 19.9 Å². The van der Waals surface area contributed by atoms with Gasteiger partial charge in [0.2, 0.25) is 0 Å². The molecule has 0 bridgehead atoms. The number of carbonyl (C=O) groups excluding carboxylic acids is 2. The van der Waals surface area contributed by atoms with Crippen LogP contribution in [-0.2, 0) is 9.53 Å². The summed E-state index contributed by atoms with van der Waals surface area (Å²) in [5.74, 6) is 0.0159. The average molecular weight is 222 g/mol. The Bertz CT molecular complexity index is 391. The molecule has 1 heterocycles. The molecule has 0 amide bonds. The number of aromatic nitrogens is 2. The number of ketones is 1. The molecule has 0 aliphatic carbocycles. The molecule has 1 aromatic rings. The van der Waals surface area contributed by atoms with Crippen molar-refractivity contribution in [2.75, 3.05) is 6.61 Å². The van der Waals surface area contributed by atoms with Crippen LogP contribution in [0.2, 0.25) is 0 Å². The van der Waals surface area contributed by atoms with E-state index in [1.165, 1.54) is 6.20 Å². The van der Waals surface area contributed by atoms with E-state index >= 15 is 0 Å². The minimum Gasteiger partial charge on any atom is -0.466 e. The van der Waals surface area contributed by atoms with Crippen LogP contribution in [0, 0.1) is 6.92 Å². The topological polar surface area (TPSA) is 69.2 Å². The van der Waals surface area contributed by atoms with Crippen LogP contribution in [0.5, 0.6) is 0 Å². The maximum atomic E-state index is 11.6. The van der Waals surface area contributed by atoms with Gasteiger partial charge in [-0.05, 0) is 19.9 Å². The van der Waals surface area contributed by atoms with Gasteiger partial charge in [-0.15, -0.1) is 0 Å². The van der Waals surface area contributed by atoms with Crippen molar-refractivity contribution < 1.29 is 14.3 Å². The standard InChI is InChI=1S/C11H14N2O3/c1-3-16-11(15)5-4-10(14)9-6-7-12-8(2)13-9/h6-7H,3-5H2,1-2H3. The average Bonchev–Trinajstić information content (AvgIpc) is 2.26. The molecular weight excluding hydrogens is 208 g/mol. The van der Waals surface area contributed by atoms with Crippen LogP contribution in [-0.4, -0.2) is 28.3 Å². The van der Waals surface area contributed by atoms with Gasteiger partial charge in [-0.2, -0.15) is 0 Å². The third kappa shape index (κ3) is 3.76. The molecule has 86 valence electrons. The molecule has 0 aliphatic rings. The normalized spacial score (nSPS) is 9.88. The van der Waals surface area contributed by atoms with Crippen molar-refractivity contribution in [3.63, 3.8) is 0 Å². The molecule has 0 radical (unpaired) electrons. The Morgan fingerprint density at radius 2 is 2.12 bits per heavy atom. The van der Waals surface area contributed by atoms with Gasteiger partial charge in [-0.25, -0.2) is 9.97 Å². The fourth-order valence-corrected chi connectivity index (χ4v) is 1.19. The summed E-state index contributed by atoms with van der Waals surface area (Å²) in [7, 11) is 0. The Kier molecular flexibility index (Phi) is 4.57. The van der Waals surface area contributed by atoms with E-state index in [9.17, 15) is 9.59 Å². The number of ether oxygens (including phenoxy) is 1. The van der Waals surface area contributed by atoms with Crippen molar-refractivity contribution >= 4 is 11.8 Å². The van der Waals surface area contributed by atoms with Crippen LogP contribution < -0.4 is 0 Å². The second-order valence-corrected chi connectivity index (χ2v) is 3.22. The quantitative estimate of drug-likeness (QED) is 0.555. The van der Waals surface area contributed by atoms with Crippen LogP contribution in [0.4, 0.5) is 0 Å². The van der Waals surface area contributed by atoms with Crippen molar-refractivity contribution in [3.8, 4) is 0 Å². The zero-order chi connectivity index (χ0) is 12.0. The van der Waals surface area contributed by atoms with Crippen LogP contribution in [0.15, 0.2) is 12.3 Å². The van der Waals surface area contributed by atoms with Gasteiger partial charge < -0.3 is 4.74 Å². The first-order valence-corrected chi connectivity index (χ1v) is 5.12. The lowest BCUT2D eigenvalue weighted by Crippen LogP contribution is -2.09. The highest BCUT2D eigenvalue weighted by molar-refractivity contribution is 5.95. The molecule has 0 unspecified atom stereocenters. The molecule has 0 N–H and O–H groups in total. The zero-order valence-electron chi connectivity index (χ0n) is 9.40. The molecule has 0 aromatic carbocycles. The van der Waals surface area contributed by atoms with E-state index < -0.39 is 0 Å². The molecule has 5 heteroatoms. The Balaban J connectivity index is 2.50. The molecule has 0 atom stereocenters. The van der Waals surface area contributed by atoms with E-state index in [1.807, 2.05) is 0 Å². The predicted molar refractivity (Wildman–Crippen MR) is 57.0 cm³/mol. The first-order valence-electron chi connectivity index (χ1n) is 5.12. The number of rotatable bonds is 5. The molecule has 1 aromatic heterocycles. The summed E-state index contributed by atoms with van der Waals surface area (Å²) in [6.07, 6.45) is 1.74. The number of Topliss-reactive ketones (excluding diaryl/α,β-unsaturated/α-hetero) is 1. The molecule has 0 saturated carbocycles. The van der Waals surface area contributed by atoms with Gasteiger partial charge in [0, 0.05) is 12.6 Å². The van der Waals surface area contributed by atoms with Crippen LogP contribution in [0.3, 0.4) is 0 Å². The van der Waals surface area contributed by atoms with Crippen LogP contribution in [0.25, 0.3) is 0 Å². The monoisotopic (exact) mass is 222 g/mol. The lowest BCUT2D eigenvalue weighted by atomic mass is 10.1. The minimum atomic E-state index is -0.360. The Hall–Kier alpha value is -1.78. The number of carbonyl (C=O) groups is 2. The summed E-state index contributed by atoms with van der Waals surface area (Å²) in [5, 5.41) is 0. The van der Waals surface area contributed by atoms with E-state index in [4.69, 9.17) is 4.74 Å². The van der Waals surface area contributed by atoms with Gasteiger partial charge in [0.1, 0.15) is 11.5 Å². The largest absolute Gasteiger partial charge is 0.466 e. The minimum absolute atomic E-state index is 0.0930. The van der Waals surface area contributed by atoms with E-state index in [-0.39, 0.29) is 24.6 Å². The Morgan fingerprint density at radius 1 is 1.38 bits per heavy atom. The van der Waals surface area contributed by atoms with Gasteiger partial charge in [-0.1, -0.05) is 0 Å². The highest BCUT2D eigenvalue weighted by Gasteiger charge is 2.11. The van der Waals surface area contributed by atoms with Crippen molar-refractivity contribution in [1.82, 2.24) is 9.97 Å². The smallest absolute Gasteiger partial charge is 0.306 e. The number of aryl methyl sites for hydroxylation is 1. The first kappa shape index (κ1) is 12.3. The number of nitrogens with zero attached hydrogens (tertiary/aromatic N) is 2. The number of hydrogen-bond acceptors (Lipinski definition) is 5. The van der Waals surface area contributed by atoms with Crippen molar-refractivity contribution in [2.45, 2.75) is 26.7 Å². The van der Waals surface area contributed by atoms with Gasteiger partial charge in [0.25, 0.3) is 0 Å². The number of hydrogen-bond donors (Lipinski definition) is 0. The Morgan fingerprint density at radius 3 is 2.75 bits per heavy atom. The molecule has 0 aliphatic heterocycles. The lowest BCUT2D eigenvalue weighted by molar-refractivity contribution is -0.143. The van der Waals surface area contributed by atoms with Gasteiger partial charge in [0.15, 0.2) is 5.78 Å². The summed E-state index contributed by atoms with van der Waals surface area (Å²) < 4.78 is 4.73. The fraction of sp³-hybridized carbons (Fsp3) is 0.455. The summed E-state index contributed by atoms with van der Waals surface area (Å²) in [4.78, 5) is 30.5. The molecule has 5 nitrogen and oxygen atoms in total. The van der Waals surface area contributed by atoms with E-state index in [2.05, 4.69) is 9.97 Å². The number of esters is 1. The maximum absolute atomic E-state index is 11.6. The summed E-state index contributed by atoms with van der Waals surface area (Å²) >= 11 is 0. The molecular formula is C11H14N2O3. The second kappa shape index (κ2) is 5.95. The molecule has 16 heavy (non-hydrogen) atoms. The highest BCUT2D eigenvalue weighted by Crippen LogP contribution is 2.03. The summed E-state index contributed by atoms with van der Waals surface area (Å²) in [6.45, 7) is 3.77. The molecule has 0 fully saturated rings. The SMILES string of the molecule is CCOC(=O)CCC(=O)c1ccnc(C)n1. The fourth-order valence-electron chi connectivity index (χ4n) is 1.19.